The lowest BCUT2D eigenvalue weighted by atomic mass is 10.4. The average molecular weight is 171 g/mol. The molecule has 2 aromatic rings. The molecule has 0 aliphatic rings. The van der Waals surface area contributed by atoms with Crippen LogP contribution in [0.1, 0.15) is 0 Å². The van der Waals surface area contributed by atoms with E-state index in [-0.39, 0.29) is 0 Å². The van der Waals surface area contributed by atoms with Gasteiger partial charge in [-0.25, -0.2) is 9.97 Å². The molecule has 0 aliphatic heterocycles. The van der Waals surface area contributed by atoms with Crippen LogP contribution in [0.25, 0.3) is 10.2 Å². The molecule has 2 aromatic heterocycles. The van der Waals surface area contributed by atoms with Gasteiger partial charge >= 0.3 is 0 Å². The van der Waals surface area contributed by atoms with Gasteiger partial charge in [0.2, 0.25) is 0 Å². The Morgan fingerprint density at radius 3 is 3.20 bits per heavy atom. The fourth-order valence-corrected chi connectivity index (χ4v) is 1.52. The molecule has 0 bridgehead atoms. The van der Waals surface area contributed by atoms with Gasteiger partial charge in [-0.15, -0.1) is 11.3 Å². The Morgan fingerprint density at radius 1 is 1.40 bits per heavy atom. The topological polar surface area (TPSA) is 25.8 Å². The van der Waals surface area contributed by atoms with E-state index in [0.29, 0.717) is 5.15 Å². The number of aromatic nitrogens is 2. The van der Waals surface area contributed by atoms with Crippen molar-refractivity contribution in [3.63, 3.8) is 0 Å². The number of hydrogen-bond acceptors (Lipinski definition) is 3. The molecule has 4 heteroatoms. The zero-order valence-corrected chi connectivity index (χ0v) is 6.49. The summed E-state index contributed by atoms with van der Waals surface area (Å²) in [5, 5.41) is 0.499. The van der Waals surface area contributed by atoms with Gasteiger partial charge in [-0.2, -0.15) is 0 Å². The van der Waals surface area contributed by atoms with Gasteiger partial charge in [0.1, 0.15) is 5.15 Å². The zero-order chi connectivity index (χ0) is 6.97. The van der Waals surface area contributed by atoms with Crippen molar-refractivity contribution in [1.29, 1.82) is 0 Å². The molecule has 2 heterocycles. The second kappa shape index (κ2) is 2.18. The Bertz CT molecular complexity index is 357. The van der Waals surface area contributed by atoms with E-state index in [1.54, 1.807) is 29.1 Å². The van der Waals surface area contributed by atoms with E-state index < -0.39 is 0 Å². The fourth-order valence-electron chi connectivity index (χ4n) is 0.739. The standard InChI is InChI=1S/C6H3ClN2S/c7-6-1-4-5(2-8-6)10-3-9-4/h1-3H. The summed E-state index contributed by atoms with van der Waals surface area (Å²) in [4.78, 5) is 7.99. The van der Waals surface area contributed by atoms with E-state index in [4.69, 9.17) is 11.6 Å². The molecule has 0 radical (unpaired) electrons. The minimum Gasteiger partial charge on any atom is -0.244 e. The summed E-state index contributed by atoms with van der Waals surface area (Å²) in [6.07, 6.45) is 1.73. The molecule has 0 N–H and O–H groups in total. The summed E-state index contributed by atoms with van der Waals surface area (Å²) in [6, 6.07) is 1.76. The Balaban J connectivity index is 2.86. The summed E-state index contributed by atoms with van der Waals surface area (Å²) in [5.74, 6) is 0. The largest absolute Gasteiger partial charge is 0.244 e. The molecule has 0 spiro atoms. The van der Waals surface area contributed by atoms with Crippen LogP contribution in [-0.2, 0) is 0 Å². The zero-order valence-electron chi connectivity index (χ0n) is 4.91. The molecule has 0 aliphatic carbocycles. The number of pyridine rings is 1. The van der Waals surface area contributed by atoms with Crippen LogP contribution in [-0.4, -0.2) is 9.97 Å². The van der Waals surface area contributed by atoms with Crippen molar-refractivity contribution >= 4 is 33.2 Å². The van der Waals surface area contributed by atoms with Crippen LogP contribution < -0.4 is 0 Å². The van der Waals surface area contributed by atoms with Crippen molar-refractivity contribution in [1.82, 2.24) is 9.97 Å². The normalized spacial score (nSPS) is 10.5. The fraction of sp³-hybridized carbons (Fsp3) is 0. The van der Waals surface area contributed by atoms with Gasteiger partial charge in [-0.05, 0) is 0 Å². The van der Waals surface area contributed by atoms with Crippen LogP contribution in [0.4, 0.5) is 0 Å². The summed E-state index contributed by atoms with van der Waals surface area (Å²) < 4.78 is 1.07. The van der Waals surface area contributed by atoms with Gasteiger partial charge in [0.15, 0.2) is 0 Å². The monoisotopic (exact) mass is 170 g/mol. The SMILES string of the molecule is Clc1cc2ncsc2cn1. The first kappa shape index (κ1) is 6.07. The molecule has 0 unspecified atom stereocenters. The number of fused-ring (bicyclic) bond motifs is 1. The molecule has 0 aromatic carbocycles. The van der Waals surface area contributed by atoms with Crippen LogP contribution in [0, 0.1) is 0 Å². The second-order valence-electron chi connectivity index (χ2n) is 1.83. The van der Waals surface area contributed by atoms with Gasteiger partial charge in [-0.3, -0.25) is 0 Å². The molecule has 10 heavy (non-hydrogen) atoms. The van der Waals surface area contributed by atoms with E-state index >= 15 is 0 Å². The number of nitrogens with zero attached hydrogens (tertiary/aromatic N) is 2. The van der Waals surface area contributed by atoms with Crippen LogP contribution in [0.15, 0.2) is 17.8 Å². The van der Waals surface area contributed by atoms with E-state index in [1.165, 1.54) is 0 Å². The van der Waals surface area contributed by atoms with Crippen molar-refractivity contribution in [2.24, 2.45) is 0 Å². The lowest BCUT2D eigenvalue weighted by Crippen LogP contribution is -1.72. The van der Waals surface area contributed by atoms with Crippen LogP contribution >= 0.6 is 22.9 Å². The van der Waals surface area contributed by atoms with Crippen molar-refractivity contribution < 1.29 is 0 Å². The molecule has 2 nitrogen and oxygen atoms in total. The Hall–Kier alpha value is -0.670. The Labute approximate surface area is 66.5 Å². The highest BCUT2D eigenvalue weighted by atomic mass is 35.5. The highest BCUT2D eigenvalue weighted by Crippen LogP contribution is 2.18. The second-order valence-corrected chi connectivity index (χ2v) is 3.10. The molecular formula is C6H3ClN2S. The first-order valence-corrected chi connectivity index (χ1v) is 3.97. The summed E-state index contributed by atoms with van der Waals surface area (Å²) in [6.45, 7) is 0. The maximum Gasteiger partial charge on any atom is 0.131 e. The van der Waals surface area contributed by atoms with Crippen molar-refractivity contribution in [3.05, 3.63) is 22.9 Å². The quantitative estimate of drug-likeness (QED) is 0.568. The first-order valence-electron chi connectivity index (χ1n) is 2.71. The summed E-state index contributed by atoms with van der Waals surface area (Å²) in [7, 11) is 0. The Morgan fingerprint density at radius 2 is 2.30 bits per heavy atom. The third-order valence-corrected chi connectivity index (χ3v) is 2.17. The average Bonchev–Trinajstić information content (AvgIpc) is 2.33. The first-order chi connectivity index (χ1) is 4.86. The smallest absolute Gasteiger partial charge is 0.131 e. The van der Waals surface area contributed by atoms with Crippen LogP contribution in [0.5, 0.6) is 0 Å². The van der Waals surface area contributed by atoms with Gasteiger partial charge in [-0.1, -0.05) is 11.6 Å². The van der Waals surface area contributed by atoms with Gasteiger partial charge < -0.3 is 0 Å². The van der Waals surface area contributed by atoms with Crippen LogP contribution in [0.3, 0.4) is 0 Å². The lowest BCUT2D eigenvalue weighted by Gasteiger charge is -1.85. The minimum absolute atomic E-state index is 0.499. The number of halogens is 1. The van der Waals surface area contributed by atoms with E-state index in [0.717, 1.165) is 10.2 Å². The number of thiazole rings is 1. The highest BCUT2D eigenvalue weighted by Gasteiger charge is 1.95. The predicted octanol–water partition coefficient (Wildman–Crippen LogP) is 2.34. The molecule has 0 atom stereocenters. The third-order valence-electron chi connectivity index (χ3n) is 1.18. The highest BCUT2D eigenvalue weighted by molar-refractivity contribution is 7.16. The third kappa shape index (κ3) is 0.874. The number of rotatable bonds is 0. The van der Waals surface area contributed by atoms with Crippen molar-refractivity contribution in [2.75, 3.05) is 0 Å². The van der Waals surface area contributed by atoms with E-state index in [2.05, 4.69) is 9.97 Å². The maximum absolute atomic E-state index is 5.63. The minimum atomic E-state index is 0.499. The number of hydrogen-bond donors (Lipinski definition) is 0. The Kier molecular flexibility index (Phi) is 1.32. The lowest BCUT2D eigenvalue weighted by molar-refractivity contribution is 1.35. The predicted molar refractivity (Wildman–Crippen MR) is 42.4 cm³/mol. The molecule has 0 amide bonds. The summed E-state index contributed by atoms with van der Waals surface area (Å²) >= 11 is 7.19. The van der Waals surface area contributed by atoms with E-state index in [1.807, 2.05) is 0 Å². The van der Waals surface area contributed by atoms with Gasteiger partial charge in [0, 0.05) is 12.3 Å². The van der Waals surface area contributed by atoms with E-state index in [9.17, 15) is 0 Å². The molecule has 0 saturated carbocycles. The molecule has 0 saturated heterocycles. The molecule has 0 fully saturated rings. The summed E-state index contributed by atoms with van der Waals surface area (Å²) in [5.41, 5.74) is 2.70. The van der Waals surface area contributed by atoms with Crippen molar-refractivity contribution in [3.8, 4) is 0 Å². The maximum atomic E-state index is 5.63. The molecule has 50 valence electrons. The molecular weight excluding hydrogens is 168 g/mol. The van der Waals surface area contributed by atoms with Crippen LogP contribution in [0.2, 0.25) is 5.15 Å². The molecule has 2 rings (SSSR count). The van der Waals surface area contributed by atoms with Gasteiger partial charge in [0.25, 0.3) is 0 Å². The van der Waals surface area contributed by atoms with Crippen molar-refractivity contribution in [2.45, 2.75) is 0 Å². The van der Waals surface area contributed by atoms with Gasteiger partial charge in [0.05, 0.1) is 15.7 Å².